The van der Waals surface area contributed by atoms with Crippen molar-refractivity contribution >= 4 is 44.2 Å². The number of halogens is 1. The van der Waals surface area contributed by atoms with E-state index in [0.29, 0.717) is 21.5 Å². The van der Waals surface area contributed by atoms with Crippen LogP contribution >= 0.6 is 22.9 Å². The molecule has 0 aliphatic rings. The summed E-state index contributed by atoms with van der Waals surface area (Å²) >= 11 is 7.37. The highest BCUT2D eigenvalue weighted by molar-refractivity contribution is 7.22. The van der Waals surface area contributed by atoms with Crippen molar-refractivity contribution in [3.8, 4) is 5.75 Å². The van der Waals surface area contributed by atoms with Crippen LogP contribution in [-0.4, -0.2) is 17.0 Å². The minimum Gasteiger partial charge on any atom is -0.491 e. The Morgan fingerprint density at radius 2 is 2.17 bits per heavy atom. The Morgan fingerprint density at radius 1 is 1.33 bits per heavy atom. The maximum absolute atomic E-state index is 12.4. The Balaban J connectivity index is 1.77. The van der Waals surface area contributed by atoms with E-state index < -0.39 is 0 Å². The van der Waals surface area contributed by atoms with Gasteiger partial charge in [-0.25, -0.2) is 4.98 Å². The zero-order chi connectivity index (χ0) is 17.1. The number of benzene rings is 2. The highest BCUT2D eigenvalue weighted by Crippen LogP contribution is 2.28. The number of thiazole rings is 1. The summed E-state index contributed by atoms with van der Waals surface area (Å²) in [5.74, 6) is 0.475. The lowest BCUT2D eigenvalue weighted by Gasteiger charge is -2.13. The number of amides is 1. The average molecular weight is 361 g/mol. The van der Waals surface area contributed by atoms with Crippen LogP contribution in [-0.2, 0) is 0 Å². The molecule has 0 aliphatic carbocycles. The van der Waals surface area contributed by atoms with Gasteiger partial charge >= 0.3 is 0 Å². The Bertz CT molecular complexity index is 878. The summed E-state index contributed by atoms with van der Waals surface area (Å²) in [5, 5.41) is 4.03. The van der Waals surface area contributed by atoms with E-state index >= 15 is 0 Å². The molecular weight excluding hydrogens is 344 g/mol. The Morgan fingerprint density at radius 3 is 2.96 bits per heavy atom. The molecule has 0 bridgehead atoms. The standard InChI is InChI=1S/C18H17ClN2O2S/c1-3-11(2)23-14-6-4-5-12(9-14)17(22)21-18-20-15-8-7-13(19)10-16(15)24-18/h4-11H,3H2,1-2H3,(H,20,21,22). The van der Waals surface area contributed by atoms with Crippen LogP contribution in [0.25, 0.3) is 10.2 Å². The minimum absolute atomic E-state index is 0.109. The molecule has 6 heteroatoms. The number of rotatable bonds is 5. The summed E-state index contributed by atoms with van der Waals surface area (Å²) in [5.41, 5.74) is 1.35. The van der Waals surface area contributed by atoms with E-state index in [1.807, 2.05) is 31.2 Å². The number of hydrogen-bond acceptors (Lipinski definition) is 4. The third kappa shape index (κ3) is 3.86. The minimum atomic E-state index is -0.213. The zero-order valence-electron chi connectivity index (χ0n) is 13.4. The fourth-order valence-corrected chi connectivity index (χ4v) is 3.28. The second-order valence-corrected chi connectivity index (χ2v) is 6.92. The van der Waals surface area contributed by atoms with Crippen LogP contribution in [0.15, 0.2) is 42.5 Å². The molecule has 1 heterocycles. The largest absolute Gasteiger partial charge is 0.491 e. The van der Waals surface area contributed by atoms with Crippen molar-refractivity contribution in [1.29, 1.82) is 0 Å². The molecule has 1 amide bonds. The lowest BCUT2D eigenvalue weighted by atomic mass is 10.2. The van der Waals surface area contributed by atoms with Crippen LogP contribution < -0.4 is 10.1 Å². The van der Waals surface area contributed by atoms with Gasteiger partial charge in [-0.2, -0.15) is 0 Å². The van der Waals surface area contributed by atoms with Crippen molar-refractivity contribution in [2.24, 2.45) is 0 Å². The van der Waals surface area contributed by atoms with Crippen molar-refractivity contribution in [1.82, 2.24) is 4.98 Å². The first kappa shape index (κ1) is 16.7. The van der Waals surface area contributed by atoms with E-state index in [2.05, 4.69) is 17.2 Å². The van der Waals surface area contributed by atoms with Gasteiger partial charge in [0.1, 0.15) is 5.75 Å². The monoisotopic (exact) mass is 360 g/mol. The SMILES string of the molecule is CCC(C)Oc1cccc(C(=O)Nc2nc3ccc(Cl)cc3s2)c1. The highest BCUT2D eigenvalue weighted by Gasteiger charge is 2.11. The van der Waals surface area contributed by atoms with Gasteiger partial charge in [-0.3, -0.25) is 10.1 Å². The molecule has 0 spiro atoms. The van der Waals surface area contributed by atoms with Crippen molar-refractivity contribution in [3.63, 3.8) is 0 Å². The van der Waals surface area contributed by atoms with Crippen molar-refractivity contribution in [2.45, 2.75) is 26.4 Å². The van der Waals surface area contributed by atoms with Gasteiger partial charge in [0.25, 0.3) is 5.91 Å². The van der Waals surface area contributed by atoms with Crippen LogP contribution in [0.1, 0.15) is 30.6 Å². The third-order valence-corrected chi connectivity index (χ3v) is 4.75. The Labute approximate surface area is 149 Å². The smallest absolute Gasteiger partial charge is 0.257 e. The average Bonchev–Trinajstić information content (AvgIpc) is 2.96. The van der Waals surface area contributed by atoms with Gasteiger partial charge in [0.2, 0.25) is 0 Å². The van der Waals surface area contributed by atoms with Crippen molar-refractivity contribution in [3.05, 3.63) is 53.1 Å². The Kier molecular flexibility index (Phi) is 5.02. The molecule has 4 nitrogen and oxygen atoms in total. The number of nitrogens with one attached hydrogen (secondary N) is 1. The molecule has 3 aromatic rings. The first-order chi connectivity index (χ1) is 11.5. The summed E-state index contributed by atoms with van der Waals surface area (Å²) < 4.78 is 6.69. The number of hydrogen-bond donors (Lipinski definition) is 1. The van der Waals surface area contributed by atoms with Crippen LogP contribution in [0, 0.1) is 0 Å². The first-order valence-corrected chi connectivity index (χ1v) is 8.88. The lowest BCUT2D eigenvalue weighted by molar-refractivity contribution is 0.102. The van der Waals surface area contributed by atoms with Gasteiger partial charge in [0.15, 0.2) is 5.13 Å². The normalized spacial score (nSPS) is 12.1. The maximum Gasteiger partial charge on any atom is 0.257 e. The number of aromatic nitrogens is 1. The highest BCUT2D eigenvalue weighted by atomic mass is 35.5. The number of nitrogens with zero attached hydrogens (tertiary/aromatic N) is 1. The predicted octanol–water partition coefficient (Wildman–Crippen LogP) is 5.38. The molecule has 0 radical (unpaired) electrons. The molecule has 0 saturated heterocycles. The van der Waals surface area contributed by atoms with E-state index in [1.165, 1.54) is 11.3 Å². The third-order valence-electron chi connectivity index (χ3n) is 3.58. The van der Waals surface area contributed by atoms with Crippen molar-refractivity contribution in [2.75, 3.05) is 5.32 Å². The molecule has 124 valence electrons. The molecule has 1 atom stereocenters. The maximum atomic E-state index is 12.4. The van der Waals surface area contributed by atoms with E-state index in [1.54, 1.807) is 18.2 Å². The zero-order valence-corrected chi connectivity index (χ0v) is 14.9. The number of carbonyl (C=O) groups excluding carboxylic acids is 1. The van der Waals surface area contributed by atoms with Gasteiger partial charge in [0.05, 0.1) is 16.3 Å². The fourth-order valence-electron chi connectivity index (χ4n) is 2.15. The number of anilines is 1. The van der Waals surface area contributed by atoms with E-state index in [0.717, 1.165) is 16.6 Å². The molecular formula is C18H17ClN2O2S. The van der Waals surface area contributed by atoms with Gasteiger partial charge < -0.3 is 4.74 Å². The number of carbonyl (C=O) groups is 1. The second kappa shape index (κ2) is 7.20. The molecule has 3 rings (SSSR count). The molecule has 1 unspecified atom stereocenters. The van der Waals surface area contributed by atoms with Crippen LogP contribution in [0.2, 0.25) is 5.02 Å². The predicted molar refractivity (Wildman–Crippen MR) is 99.4 cm³/mol. The van der Waals surface area contributed by atoms with Gasteiger partial charge in [-0.15, -0.1) is 0 Å². The number of fused-ring (bicyclic) bond motifs is 1. The van der Waals surface area contributed by atoms with Gasteiger partial charge in [-0.05, 0) is 49.7 Å². The molecule has 1 aromatic heterocycles. The summed E-state index contributed by atoms with van der Waals surface area (Å²) in [6.45, 7) is 4.06. The number of ether oxygens (including phenoxy) is 1. The van der Waals surface area contributed by atoms with E-state index in [-0.39, 0.29) is 12.0 Å². The second-order valence-electron chi connectivity index (χ2n) is 5.45. The van der Waals surface area contributed by atoms with Crippen LogP contribution in [0.3, 0.4) is 0 Å². The molecule has 0 aliphatic heterocycles. The van der Waals surface area contributed by atoms with Gasteiger partial charge in [0, 0.05) is 10.6 Å². The summed E-state index contributed by atoms with van der Waals surface area (Å²) in [6, 6.07) is 12.6. The molecule has 0 fully saturated rings. The Hall–Kier alpha value is -2.11. The van der Waals surface area contributed by atoms with E-state index in [9.17, 15) is 4.79 Å². The molecule has 24 heavy (non-hydrogen) atoms. The summed E-state index contributed by atoms with van der Waals surface area (Å²) in [4.78, 5) is 16.8. The fraction of sp³-hybridized carbons (Fsp3) is 0.222. The quantitative estimate of drug-likeness (QED) is 0.664. The van der Waals surface area contributed by atoms with E-state index in [4.69, 9.17) is 16.3 Å². The summed E-state index contributed by atoms with van der Waals surface area (Å²) in [7, 11) is 0. The van der Waals surface area contributed by atoms with Crippen LogP contribution in [0.5, 0.6) is 5.75 Å². The van der Waals surface area contributed by atoms with Crippen molar-refractivity contribution < 1.29 is 9.53 Å². The first-order valence-electron chi connectivity index (χ1n) is 7.69. The van der Waals surface area contributed by atoms with Gasteiger partial charge in [-0.1, -0.05) is 35.9 Å². The lowest BCUT2D eigenvalue weighted by Crippen LogP contribution is -2.13. The summed E-state index contributed by atoms with van der Waals surface area (Å²) in [6.07, 6.45) is 1.02. The molecule has 1 N–H and O–H groups in total. The topological polar surface area (TPSA) is 51.2 Å². The molecule has 0 saturated carbocycles. The molecule has 2 aromatic carbocycles. The van der Waals surface area contributed by atoms with Crippen LogP contribution in [0.4, 0.5) is 5.13 Å².